The summed E-state index contributed by atoms with van der Waals surface area (Å²) in [6.45, 7) is 1.24. The summed E-state index contributed by atoms with van der Waals surface area (Å²) in [4.78, 5) is 17.0. The SMILES string of the molecule is O=C(NCC1CCCO1)c1cc2occc2c(Nc2ccc(Cl)cc2)n1. The van der Waals surface area contributed by atoms with Crippen LogP contribution in [0.5, 0.6) is 0 Å². The minimum atomic E-state index is -0.252. The molecule has 1 saturated heterocycles. The molecule has 7 heteroatoms. The quantitative estimate of drug-likeness (QED) is 0.705. The van der Waals surface area contributed by atoms with Crippen LogP contribution in [0.25, 0.3) is 11.0 Å². The molecule has 26 heavy (non-hydrogen) atoms. The summed E-state index contributed by atoms with van der Waals surface area (Å²) in [6.07, 6.45) is 3.66. The van der Waals surface area contributed by atoms with Gasteiger partial charge in [0, 0.05) is 29.9 Å². The highest BCUT2D eigenvalue weighted by atomic mass is 35.5. The van der Waals surface area contributed by atoms with Crippen molar-refractivity contribution in [1.29, 1.82) is 0 Å². The van der Waals surface area contributed by atoms with E-state index < -0.39 is 0 Å². The number of anilines is 2. The minimum Gasteiger partial charge on any atom is -0.464 e. The zero-order valence-corrected chi connectivity index (χ0v) is 14.8. The van der Waals surface area contributed by atoms with Crippen LogP contribution in [0.3, 0.4) is 0 Å². The number of nitrogens with one attached hydrogen (secondary N) is 2. The van der Waals surface area contributed by atoms with Gasteiger partial charge in [0.25, 0.3) is 5.91 Å². The Kier molecular flexibility index (Phi) is 4.77. The van der Waals surface area contributed by atoms with Crippen molar-refractivity contribution in [1.82, 2.24) is 10.3 Å². The van der Waals surface area contributed by atoms with E-state index in [4.69, 9.17) is 20.8 Å². The number of carbonyl (C=O) groups is 1. The third kappa shape index (κ3) is 3.66. The lowest BCUT2D eigenvalue weighted by Gasteiger charge is -2.12. The van der Waals surface area contributed by atoms with Crippen molar-refractivity contribution in [3.05, 3.63) is 53.4 Å². The molecule has 3 heterocycles. The van der Waals surface area contributed by atoms with Gasteiger partial charge in [-0.25, -0.2) is 4.98 Å². The van der Waals surface area contributed by atoms with Gasteiger partial charge in [0.2, 0.25) is 0 Å². The Hall–Kier alpha value is -2.57. The number of carbonyl (C=O) groups excluding carboxylic acids is 1. The Morgan fingerprint density at radius 2 is 2.12 bits per heavy atom. The molecule has 1 aromatic carbocycles. The van der Waals surface area contributed by atoms with Crippen molar-refractivity contribution in [3.8, 4) is 0 Å². The van der Waals surface area contributed by atoms with E-state index in [2.05, 4.69) is 15.6 Å². The smallest absolute Gasteiger partial charge is 0.270 e. The Labute approximate surface area is 155 Å². The Balaban J connectivity index is 1.57. The maximum absolute atomic E-state index is 12.5. The molecule has 2 aromatic heterocycles. The summed E-state index contributed by atoms with van der Waals surface area (Å²) in [7, 11) is 0. The molecule has 2 N–H and O–H groups in total. The lowest BCUT2D eigenvalue weighted by Crippen LogP contribution is -2.32. The van der Waals surface area contributed by atoms with Crippen LogP contribution in [-0.4, -0.2) is 30.1 Å². The monoisotopic (exact) mass is 371 g/mol. The fourth-order valence-electron chi connectivity index (χ4n) is 2.95. The van der Waals surface area contributed by atoms with Crippen molar-refractivity contribution >= 4 is 40.0 Å². The van der Waals surface area contributed by atoms with Crippen molar-refractivity contribution in [2.24, 2.45) is 0 Å². The zero-order valence-electron chi connectivity index (χ0n) is 14.0. The molecule has 0 radical (unpaired) electrons. The molecule has 0 saturated carbocycles. The molecule has 4 rings (SSSR count). The van der Waals surface area contributed by atoms with Crippen molar-refractivity contribution in [3.63, 3.8) is 0 Å². The predicted octanol–water partition coefficient (Wildman–Crippen LogP) is 4.13. The number of hydrogen-bond donors (Lipinski definition) is 2. The number of nitrogens with zero attached hydrogens (tertiary/aromatic N) is 1. The largest absolute Gasteiger partial charge is 0.464 e. The average Bonchev–Trinajstić information content (AvgIpc) is 3.33. The first kappa shape index (κ1) is 16.9. The second-order valence-electron chi connectivity index (χ2n) is 6.17. The lowest BCUT2D eigenvalue weighted by atomic mass is 10.2. The van der Waals surface area contributed by atoms with E-state index in [9.17, 15) is 4.79 Å². The first-order chi connectivity index (χ1) is 12.7. The van der Waals surface area contributed by atoms with Crippen LogP contribution >= 0.6 is 11.6 Å². The number of benzene rings is 1. The summed E-state index contributed by atoms with van der Waals surface area (Å²) >= 11 is 5.93. The fraction of sp³-hybridized carbons (Fsp3) is 0.263. The molecular weight excluding hydrogens is 354 g/mol. The average molecular weight is 372 g/mol. The highest BCUT2D eigenvalue weighted by Gasteiger charge is 2.18. The van der Waals surface area contributed by atoms with Gasteiger partial charge < -0.3 is 19.8 Å². The number of rotatable bonds is 5. The topological polar surface area (TPSA) is 76.4 Å². The molecule has 0 bridgehead atoms. The van der Waals surface area contributed by atoms with Crippen LogP contribution in [0.1, 0.15) is 23.3 Å². The number of pyridine rings is 1. The number of halogens is 1. The number of furan rings is 1. The van der Waals surface area contributed by atoms with Crippen molar-refractivity contribution in [2.75, 3.05) is 18.5 Å². The van der Waals surface area contributed by atoms with Crippen LogP contribution < -0.4 is 10.6 Å². The molecule has 134 valence electrons. The van der Waals surface area contributed by atoms with Crippen LogP contribution in [0.4, 0.5) is 11.5 Å². The van der Waals surface area contributed by atoms with Gasteiger partial charge in [0.1, 0.15) is 17.1 Å². The highest BCUT2D eigenvalue weighted by molar-refractivity contribution is 6.30. The van der Waals surface area contributed by atoms with Crippen LogP contribution in [0.15, 0.2) is 47.1 Å². The van der Waals surface area contributed by atoms with Gasteiger partial charge in [-0.1, -0.05) is 11.6 Å². The molecule has 1 fully saturated rings. The minimum absolute atomic E-state index is 0.0814. The number of hydrogen-bond acceptors (Lipinski definition) is 5. The summed E-state index contributed by atoms with van der Waals surface area (Å²) in [5, 5.41) is 7.55. The second-order valence-corrected chi connectivity index (χ2v) is 6.60. The van der Waals surface area contributed by atoms with E-state index in [1.807, 2.05) is 18.2 Å². The zero-order chi connectivity index (χ0) is 17.9. The van der Waals surface area contributed by atoms with E-state index >= 15 is 0 Å². The molecule has 1 atom stereocenters. The van der Waals surface area contributed by atoms with E-state index in [-0.39, 0.29) is 12.0 Å². The molecule has 6 nitrogen and oxygen atoms in total. The van der Waals surface area contributed by atoms with Crippen molar-refractivity contribution in [2.45, 2.75) is 18.9 Å². The maximum atomic E-state index is 12.5. The molecule has 3 aromatic rings. The lowest BCUT2D eigenvalue weighted by molar-refractivity contribution is 0.0854. The molecule has 1 amide bonds. The predicted molar refractivity (Wildman–Crippen MR) is 100 cm³/mol. The van der Waals surface area contributed by atoms with Crippen LogP contribution in [-0.2, 0) is 4.74 Å². The number of amides is 1. The second kappa shape index (κ2) is 7.35. The first-order valence-corrected chi connectivity index (χ1v) is 8.87. The van der Waals surface area contributed by atoms with Gasteiger partial charge in [-0.05, 0) is 43.2 Å². The Bertz CT molecular complexity index is 917. The Morgan fingerprint density at radius 3 is 2.88 bits per heavy atom. The van der Waals surface area contributed by atoms with Crippen molar-refractivity contribution < 1.29 is 13.9 Å². The highest BCUT2D eigenvalue weighted by Crippen LogP contribution is 2.27. The molecule has 1 unspecified atom stereocenters. The van der Waals surface area contributed by atoms with Gasteiger partial charge in [0.15, 0.2) is 0 Å². The van der Waals surface area contributed by atoms with Gasteiger partial charge in [-0.3, -0.25) is 4.79 Å². The Morgan fingerprint density at radius 1 is 1.27 bits per heavy atom. The third-order valence-electron chi connectivity index (χ3n) is 4.30. The summed E-state index contributed by atoms with van der Waals surface area (Å²) in [6, 6.07) is 10.7. The number of ether oxygens (including phenoxy) is 1. The van der Waals surface area contributed by atoms with E-state index in [1.54, 1.807) is 24.5 Å². The molecular formula is C19H18ClN3O3. The van der Waals surface area contributed by atoms with Gasteiger partial charge in [-0.2, -0.15) is 0 Å². The first-order valence-electron chi connectivity index (χ1n) is 8.50. The number of fused-ring (bicyclic) bond motifs is 1. The van der Waals surface area contributed by atoms with E-state index in [0.29, 0.717) is 28.7 Å². The van der Waals surface area contributed by atoms with Gasteiger partial charge in [-0.15, -0.1) is 0 Å². The summed E-state index contributed by atoms with van der Waals surface area (Å²) in [5.41, 5.74) is 1.71. The van der Waals surface area contributed by atoms with Gasteiger partial charge >= 0.3 is 0 Å². The van der Waals surface area contributed by atoms with E-state index in [0.717, 1.165) is 30.5 Å². The summed E-state index contributed by atoms with van der Waals surface area (Å²) < 4.78 is 11.0. The van der Waals surface area contributed by atoms with Crippen LogP contribution in [0.2, 0.25) is 5.02 Å². The molecule has 1 aliphatic rings. The molecule has 1 aliphatic heterocycles. The standard InChI is InChI=1S/C19H18ClN3O3/c20-12-3-5-13(6-4-12)22-18-15-7-9-26-17(15)10-16(23-18)19(24)21-11-14-2-1-8-25-14/h3-7,9-10,14H,1-2,8,11H2,(H,21,24)(H,22,23). The molecule has 0 spiro atoms. The fourth-order valence-corrected chi connectivity index (χ4v) is 3.08. The number of aromatic nitrogens is 1. The van der Waals surface area contributed by atoms with E-state index in [1.165, 1.54) is 0 Å². The van der Waals surface area contributed by atoms with Crippen LogP contribution in [0, 0.1) is 0 Å². The van der Waals surface area contributed by atoms with Gasteiger partial charge in [0.05, 0.1) is 17.8 Å². The maximum Gasteiger partial charge on any atom is 0.270 e. The summed E-state index contributed by atoms with van der Waals surface area (Å²) in [5.74, 6) is 0.304. The third-order valence-corrected chi connectivity index (χ3v) is 4.56. The molecule has 0 aliphatic carbocycles. The normalized spacial score (nSPS) is 16.7.